The maximum Gasteiger partial charge on any atom is 0.281 e. The van der Waals surface area contributed by atoms with Crippen LogP contribution in [0.3, 0.4) is 0 Å². The zero-order valence-electron chi connectivity index (χ0n) is 11.1. The summed E-state index contributed by atoms with van der Waals surface area (Å²) in [6, 6.07) is 14.1. The van der Waals surface area contributed by atoms with E-state index in [2.05, 4.69) is 24.5 Å². The highest BCUT2D eigenvalue weighted by molar-refractivity contribution is 5.92. The molecule has 0 saturated carbocycles. The van der Waals surface area contributed by atoms with Gasteiger partial charge in [0.05, 0.1) is 0 Å². The molecule has 0 radical (unpaired) electrons. The highest BCUT2D eigenvalue weighted by Gasteiger charge is 2.13. The molecule has 1 aromatic heterocycles. The van der Waals surface area contributed by atoms with Crippen molar-refractivity contribution in [2.24, 2.45) is 5.84 Å². The van der Waals surface area contributed by atoms with Crippen LogP contribution in [0.2, 0.25) is 0 Å². The van der Waals surface area contributed by atoms with Crippen molar-refractivity contribution in [2.45, 2.75) is 26.3 Å². The minimum absolute atomic E-state index is 0.243. The molecule has 0 aliphatic heterocycles. The smallest absolute Gasteiger partial charge is 0.281 e. The second-order valence-corrected chi connectivity index (χ2v) is 4.50. The second kappa shape index (κ2) is 6.20. The molecule has 0 saturated heterocycles. The van der Waals surface area contributed by atoms with Crippen LogP contribution in [0.5, 0.6) is 0 Å². The first kappa shape index (κ1) is 13.4. The molecule has 0 aliphatic rings. The van der Waals surface area contributed by atoms with Gasteiger partial charge in [0.1, 0.15) is 5.69 Å². The molecule has 1 amide bonds. The SMILES string of the molecule is CCCn1c(Cc2ccccc2)ccc1C(=O)NN. The van der Waals surface area contributed by atoms with Crippen molar-refractivity contribution in [3.63, 3.8) is 0 Å². The zero-order valence-corrected chi connectivity index (χ0v) is 11.1. The summed E-state index contributed by atoms with van der Waals surface area (Å²) in [5.41, 5.74) is 5.18. The first-order valence-electron chi connectivity index (χ1n) is 6.49. The normalized spacial score (nSPS) is 10.4. The maximum atomic E-state index is 11.7. The Balaban J connectivity index is 2.30. The quantitative estimate of drug-likeness (QED) is 0.489. The summed E-state index contributed by atoms with van der Waals surface area (Å²) >= 11 is 0. The fourth-order valence-electron chi connectivity index (χ4n) is 2.23. The molecule has 0 aliphatic carbocycles. The van der Waals surface area contributed by atoms with Gasteiger partial charge in [0.25, 0.3) is 5.91 Å². The number of hydrazine groups is 1. The van der Waals surface area contributed by atoms with Crippen LogP contribution < -0.4 is 11.3 Å². The van der Waals surface area contributed by atoms with E-state index in [1.165, 1.54) is 5.56 Å². The number of nitrogens with zero attached hydrogens (tertiary/aromatic N) is 1. The van der Waals surface area contributed by atoms with Crippen LogP contribution in [0.25, 0.3) is 0 Å². The number of hydrogen-bond donors (Lipinski definition) is 2. The Morgan fingerprint density at radius 3 is 2.58 bits per heavy atom. The number of benzene rings is 1. The average Bonchev–Trinajstić information content (AvgIpc) is 2.83. The standard InChI is InChI=1S/C15H19N3O/c1-2-10-18-13(8-9-14(18)15(19)17-16)11-12-6-4-3-5-7-12/h3-9H,2,10-11,16H2,1H3,(H,17,19). The Kier molecular flexibility index (Phi) is 4.36. The summed E-state index contributed by atoms with van der Waals surface area (Å²) in [4.78, 5) is 11.7. The van der Waals surface area contributed by atoms with Crippen LogP contribution in [-0.4, -0.2) is 10.5 Å². The van der Waals surface area contributed by atoms with E-state index in [-0.39, 0.29) is 5.91 Å². The fraction of sp³-hybridized carbons (Fsp3) is 0.267. The highest BCUT2D eigenvalue weighted by atomic mass is 16.2. The van der Waals surface area contributed by atoms with Gasteiger partial charge < -0.3 is 4.57 Å². The van der Waals surface area contributed by atoms with Crippen LogP contribution in [0, 0.1) is 0 Å². The minimum Gasteiger partial charge on any atom is -0.340 e. The molecule has 4 nitrogen and oxygen atoms in total. The lowest BCUT2D eigenvalue weighted by atomic mass is 10.1. The van der Waals surface area contributed by atoms with E-state index in [1.54, 1.807) is 0 Å². The van der Waals surface area contributed by atoms with Crippen LogP contribution in [0.1, 0.15) is 35.1 Å². The van der Waals surface area contributed by atoms with E-state index >= 15 is 0 Å². The first-order chi connectivity index (χ1) is 9.26. The number of nitrogens with one attached hydrogen (secondary N) is 1. The molecular weight excluding hydrogens is 238 g/mol. The largest absolute Gasteiger partial charge is 0.340 e. The van der Waals surface area contributed by atoms with Gasteiger partial charge in [-0.3, -0.25) is 10.2 Å². The third-order valence-electron chi connectivity index (χ3n) is 3.11. The number of carbonyl (C=O) groups is 1. The van der Waals surface area contributed by atoms with Crippen LogP contribution in [0.15, 0.2) is 42.5 Å². The molecule has 0 fully saturated rings. The van der Waals surface area contributed by atoms with Crippen molar-refractivity contribution in [1.29, 1.82) is 0 Å². The van der Waals surface area contributed by atoms with Gasteiger partial charge in [-0.25, -0.2) is 5.84 Å². The predicted octanol–water partition coefficient (Wildman–Crippen LogP) is 2.09. The van der Waals surface area contributed by atoms with Crippen molar-refractivity contribution in [3.05, 3.63) is 59.4 Å². The Bertz CT molecular complexity index is 546. The van der Waals surface area contributed by atoms with Crippen molar-refractivity contribution < 1.29 is 4.79 Å². The fourth-order valence-corrected chi connectivity index (χ4v) is 2.23. The lowest BCUT2D eigenvalue weighted by Crippen LogP contribution is -2.32. The zero-order chi connectivity index (χ0) is 13.7. The average molecular weight is 257 g/mol. The number of hydrogen-bond acceptors (Lipinski definition) is 2. The molecule has 1 aromatic carbocycles. The molecule has 0 bridgehead atoms. The van der Waals surface area contributed by atoms with E-state index in [0.717, 1.165) is 25.1 Å². The first-order valence-corrected chi connectivity index (χ1v) is 6.49. The molecule has 1 heterocycles. The summed E-state index contributed by atoms with van der Waals surface area (Å²) in [6.45, 7) is 2.91. The van der Waals surface area contributed by atoms with Crippen molar-refractivity contribution in [3.8, 4) is 0 Å². The van der Waals surface area contributed by atoms with Crippen molar-refractivity contribution in [2.75, 3.05) is 0 Å². The lowest BCUT2D eigenvalue weighted by Gasteiger charge is -2.11. The third kappa shape index (κ3) is 3.03. The molecule has 0 atom stereocenters. The van der Waals surface area contributed by atoms with Crippen molar-refractivity contribution in [1.82, 2.24) is 9.99 Å². The number of amides is 1. The molecule has 2 rings (SSSR count). The highest BCUT2D eigenvalue weighted by Crippen LogP contribution is 2.15. The van der Waals surface area contributed by atoms with Crippen LogP contribution in [0.4, 0.5) is 0 Å². The molecule has 19 heavy (non-hydrogen) atoms. The number of rotatable bonds is 5. The number of carbonyl (C=O) groups excluding carboxylic acids is 1. The van der Waals surface area contributed by atoms with Crippen LogP contribution in [-0.2, 0) is 13.0 Å². The number of aromatic nitrogens is 1. The Morgan fingerprint density at radius 2 is 1.95 bits per heavy atom. The summed E-state index contributed by atoms with van der Waals surface area (Å²) in [7, 11) is 0. The minimum atomic E-state index is -0.243. The summed E-state index contributed by atoms with van der Waals surface area (Å²) in [5, 5.41) is 0. The van der Waals surface area contributed by atoms with E-state index in [1.807, 2.05) is 34.9 Å². The van der Waals surface area contributed by atoms with Gasteiger partial charge in [-0.05, 0) is 24.1 Å². The van der Waals surface area contributed by atoms with Crippen LogP contribution >= 0.6 is 0 Å². The van der Waals surface area contributed by atoms with E-state index in [9.17, 15) is 4.79 Å². The second-order valence-electron chi connectivity index (χ2n) is 4.50. The van der Waals surface area contributed by atoms with Gasteiger partial charge in [-0.1, -0.05) is 37.3 Å². The predicted molar refractivity (Wildman–Crippen MR) is 75.6 cm³/mol. The Labute approximate surface area is 113 Å². The van der Waals surface area contributed by atoms with Crippen molar-refractivity contribution >= 4 is 5.91 Å². The molecule has 2 aromatic rings. The molecule has 0 unspecified atom stereocenters. The lowest BCUT2D eigenvalue weighted by molar-refractivity contribution is 0.0944. The Hall–Kier alpha value is -2.07. The molecular formula is C15H19N3O. The van der Waals surface area contributed by atoms with Gasteiger partial charge in [-0.2, -0.15) is 0 Å². The maximum absolute atomic E-state index is 11.7. The van der Waals surface area contributed by atoms with Gasteiger partial charge in [0, 0.05) is 18.7 Å². The van der Waals surface area contributed by atoms with Gasteiger partial charge in [0.2, 0.25) is 0 Å². The van der Waals surface area contributed by atoms with E-state index < -0.39 is 0 Å². The number of nitrogen functional groups attached to an aromatic ring is 1. The Morgan fingerprint density at radius 1 is 1.21 bits per heavy atom. The molecule has 0 spiro atoms. The van der Waals surface area contributed by atoms with E-state index in [4.69, 9.17) is 5.84 Å². The van der Waals surface area contributed by atoms with Gasteiger partial charge in [0.15, 0.2) is 0 Å². The van der Waals surface area contributed by atoms with Gasteiger partial charge >= 0.3 is 0 Å². The topological polar surface area (TPSA) is 60.0 Å². The molecule has 3 N–H and O–H groups in total. The summed E-state index contributed by atoms with van der Waals surface area (Å²) in [5.74, 6) is 4.98. The summed E-state index contributed by atoms with van der Waals surface area (Å²) < 4.78 is 2.04. The molecule has 100 valence electrons. The summed E-state index contributed by atoms with van der Waals surface area (Å²) in [6.07, 6.45) is 1.79. The third-order valence-corrected chi connectivity index (χ3v) is 3.11. The van der Waals surface area contributed by atoms with E-state index in [0.29, 0.717) is 5.69 Å². The monoisotopic (exact) mass is 257 g/mol. The van der Waals surface area contributed by atoms with Gasteiger partial charge in [-0.15, -0.1) is 0 Å². The molecule has 4 heteroatoms. The number of nitrogens with two attached hydrogens (primary N) is 1.